The molecule has 0 bridgehead atoms. The van der Waals surface area contributed by atoms with Crippen molar-refractivity contribution in [2.75, 3.05) is 14.2 Å². The van der Waals surface area contributed by atoms with Gasteiger partial charge in [0.1, 0.15) is 16.4 Å². The van der Waals surface area contributed by atoms with Crippen LogP contribution in [0.5, 0.6) is 11.5 Å². The summed E-state index contributed by atoms with van der Waals surface area (Å²) in [4.78, 5) is 8.51. The quantitative estimate of drug-likeness (QED) is 0.663. The number of benzene rings is 1. The highest BCUT2D eigenvalue weighted by molar-refractivity contribution is 7.90. The average Bonchev–Trinajstić information content (AvgIpc) is 2.68. The van der Waals surface area contributed by atoms with Crippen LogP contribution in [-0.4, -0.2) is 32.6 Å². The van der Waals surface area contributed by atoms with Crippen LogP contribution < -0.4 is 9.47 Å². The molecule has 7 heteroatoms. The Morgan fingerprint density at radius 3 is 2.54 bits per heavy atom. The summed E-state index contributed by atoms with van der Waals surface area (Å²) in [5.41, 5.74) is 2.06. The third kappa shape index (κ3) is 3.83. The number of nitrogens with zero attached hydrogens (tertiary/aromatic N) is 2. The highest BCUT2D eigenvalue weighted by atomic mass is 32.2. The molecule has 0 aliphatic carbocycles. The molecule has 1 aromatic carbocycles. The van der Waals surface area contributed by atoms with Gasteiger partial charge < -0.3 is 9.47 Å². The number of pyridine rings is 2. The lowest BCUT2D eigenvalue weighted by Crippen LogP contribution is -2.08. The van der Waals surface area contributed by atoms with Gasteiger partial charge in [0.2, 0.25) is 0 Å². The summed E-state index contributed by atoms with van der Waals surface area (Å²) in [5.74, 6) is 0.522. The van der Waals surface area contributed by atoms with Gasteiger partial charge in [-0.15, -0.1) is 0 Å². The first-order valence-corrected chi connectivity index (χ1v) is 9.49. The minimum atomic E-state index is -3.65. The minimum absolute atomic E-state index is 0.0857. The second kappa shape index (κ2) is 7.53. The fourth-order valence-electron chi connectivity index (χ4n) is 2.56. The molecule has 2 heterocycles. The van der Waals surface area contributed by atoms with E-state index >= 15 is 0 Å². The Morgan fingerprint density at radius 1 is 1.00 bits per heavy atom. The fraction of sp³-hybridized carbons (Fsp3) is 0.158. The molecule has 0 N–H and O–H groups in total. The number of hydrogen-bond donors (Lipinski definition) is 0. The van der Waals surface area contributed by atoms with E-state index in [0.29, 0.717) is 11.3 Å². The van der Waals surface area contributed by atoms with Crippen LogP contribution >= 0.6 is 0 Å². The van der Waals surface area contributed by atoms with Gasteiger partial charge in [0.05, 0.1) is 25.7 Å². The predicted molar refractivity (Wildman–Crippen MR) is 97.9 cm³/mol. The molecule has 26 heavy (non-hydrogen) atoms. The van der Waals surface area contributed by atoms with Gasteiger partial charge in [0.25, 0.3) is 0 Å². The number of rotatable bonds is 6. The van der Waals surface area contributed by atoms with E-state index in [-0.39, 0.29) is 16.4 Å². The molecular formula is C19H18N2O4S. The van der Waals surface area contributed by atoms with E-state index in [1.807, 2.05) is 18.2 Å². The number of aromatic nitrogens is 2. The Balaban J connectivity index is 1.96. The summed E-state index contributed by atoms with van der Waals surface area (Å²) in [6.45, 7) is 0. The zero-order valence-corrected chi connectivity index (χ0v) is 15.2. The Hall–Kier alpha value is -2.93. The second-order valence-corrected chi connectivity index (χ2v) is 7.53. The molecule has 0 spiro atoms. The average molecular weight is 370 g/mol. The van der Waals surface area contributed by atoms with Crippen molar-refractivity contribution in [1.82, 2.24) is 9.97 Å². The zero-order chi connectivity index (χ0) is 18.6. The smallest absolute Gasteiger partial charge is 0.186 e. The lowest BCUT2D eigenvalue weighted by molar-refractivity contribution is 0.392. The van der Waals surface area contributed by atoms with Gasteiger partial charge >= 0.3 is 0 Å². The third-order valence-electron chi connectivity index (χ3n) is 3.82. The van der Waals surface area contributed by atoms with E-state index in [1.54, 1.807) is 30.6 Å². The number of sulfone groups is 1. The van der Waals surface area contributed by atoms with Gasteiger partial charge in [-0.25, -0.2) is 8.42 Å². The number of hydrogen-bond acceptors (Lipinski definition) is 6. The second-order valence-electron chi connectivity index (χ2n) is 5.57. The van der Waals surface area contributed by atoms with E-state index in [1.165, 1.54) is 26.5 Å². The van der Waals surface area contributed by atoms with Crippen LogP contribution in [0.2, 0.25) is 0 Å². The largest absolute Gasteiger partial charge is 0.497 e. The Morgan fingerprint density at radius 2 is 1.85 bits per heavy atom. The maximum atomic E-state index is 12.9. The maximum absolute atomic E-state index is 12.9. The van der Waals surface area contributed by atoms with Crippen LogP contribution in [0.25, 0.3) is 11.3 Å². The Labute approximate surface area is 152 Å². The SMILES string of the molecule is COc1ccc(OC)c(S(=O)(=O)Cc2cncc(-c3ccccn3)c2)c1. The van der Waals surface area contributed by atoms with Crippen LogP contribution in [0, 0.1) is 0 Å². The van der Waals surface area contributed by atoms with E-state index in [2.05, 4.69) is 9.97 Å². The molecule has 6 nitrogen and oxygen atoms in total. The van der Waals surface area contributed by atoms with Crippen molar-refractivity contribution in [1.29, 1.82) is 0 Å². The minimum Gasteiger partial charge on any atom is -0.497 e. The van der Waals surface area contributed by atoms with Crippen LogP contribution in [-0.2, 0) is 15.6 Å². The van der Waals surface area contributed by atoms with E-state index in [0.717, 1.165) is 11.3 Å². The summed E-state index contributed by atoms with van der Waals surface area (Å²) < 4.78 is 36.2. The first-order valence-electron chi connectivity index (χ1n) is 7.83. The molecule has 3 aromatic rings. The van der Waals surface area contributed by atoms with Crippen LogP contribution in [0.1, 0.15) is 5.56 Å². The maximum Gasteiger partial charge on any atom is 0.186 e. The first kappa shape index (κ1) is 17.9. The molecule has 2 aromatic heterocycles. The Kier molecular flexibility index (Phi) is 5.18. The predicted octanol–water partition coefficient (Wildman–Crippen LogP) is 3.13. The molecule has 0 aliphatic heterocycles. The fourth-order valence-corrected chi connectivity index (χ4v) is 4.07. The summed E-state index contributed by atoms with van der Waals surface area (Å²) in [6, 6.07) is 12.0. The standard InChI is InChI=1S/C19H18N2O4S/c1-24-16-6-7-18(25-2)19(10-16)26(22,23)13-14-9-15(12-20-11-14)17-5-3-4-8-21-17/h3-12H,13H2,1-2H3. The highest BCUT2D eigenvalue weighted by Gasteiger charge is 2.22. The van der Waals surface area contributed by atoms with Crippen molar-refractivity contribution in [3.05, 3.63) is 66.6 Å². The summed E-state index contributed by atoms with van der Waals surface area (Å²) in [5, 5.41) is 0. The van der Waals surface area contributed by atoms with Gasteiger partial charge in [-0.2, -0.15) is 0 Å². The normalized spacial score (nSPS) is 11.2. The van der Waals surface area contributed by atoms with Crippen LogP contribution in [0.3, 0.4) is 0 Å². The molecule has 0 atom stereocenters. The molecule has 0 amide bonds. The van der Waals surface area contributed by atoms with Gasteiger partial charge in [0.15, 0.2) is 9.84 Å². The summed E-state index contributed by atoms with van der Waals surface area (Å²) >= 11 is 0. The zero-order valence-electron chi connectivity index (χ0n) is 14.4. The van der Waals surface area contributed by atoms with Crippen molar-refractivity contribution in [3.8, 4) is 22.8 Å². The molecule has 0 unspecified atom stereocenters. The van der Waals surface area contributed by atoms with Gasteiger partial charge in [-0.05, 0) is 35.9 Å². The molecule has 0 fully saturated rings. The molecule has 3 rings (SSSR count). The van der Waals surface area contributed by atoms with E-state index in [9.17, 15) is 8.42 Å². The van der Waals surface area contributed by atoms with Gasteiger partial charge in [-0.1, -0.05) is 6.07 Å². The molecule has 0 aliphatic rings. The van der Waals surface area contributed by atoms with Crippen LogP contribution in [0.15, 0.2) is 66.0 Å². The van der Waals surface area contributed by atoms with E-state index < -0.39 is 9.84 Å². The molecule has 0 saturated heterocycles. The molecule has 134 valence electrons. The van der Waals surface area contributed by atoms with E-state index in [4.69, 9.17) is 9.47 Å². The van der Waals surface area contributed by atoms with Crippen molar-refractivity contribution in [2.24, 2.45) is 0 Å². The Bertz CT molecular complexity index is 1010. The van der Waals surface area contributed by atoms with Crippen molar-refractivity contribution in [3.63, 3.8) is 0 Å². The lowest BCUT2D eigenvalue weighted by Gasteiger charge is -2.11. The van der Waals surface area contributed by atoms with Crippen molar-refractivity contribution in [2.45, 2.75) is 10.6 Å². The molecule has 0 radical (unpaired) electrons. The third-order valence-corrected chi connectivity index (χ3v) is 5.52. The summed E-state index contributed by atoms with van der Waals surface area (Å²) in [6.07, 6.45) is 4.88. The van der Waals surface area contributed by atoms with Crippen molar-refractivity contribution >= 4 is 9.84 Å². The van der Waals surface area contributed by atoms with Crippen molar-refractivity contribution < 1.29 is 17.9 Å². The van der Waals surface area contributed by atoms with Gasteiger partial charge in [0, 0.05) is 30.2 Å². The molecule has 0 saturated carbocycles. The topological polar surface area (TPSA) is 78.4 Å². The number of methoxy groups -OCH3 is 2. The van der Waals surface area contributed by atoms with Gasteiger partial charge in [-0.3, -0.25) is 9.97 Å². The lowest BCUT2D eigenvalue weighted by atomic mass is 10.1. The highest BCUT2D eigenvalue weighted by Crippen LogP contribution is 2.31. The first-order chi connectivity index (χ1) is 12.5. The number of ether oxygens (including phenoxy) is 2. The summed E-state index contributed by atoms with van der Waals surface area (Å²) in [7, 11) is -0.734. The monoisotopic (exact) mass is 370 g/mol. The molecular weight excluding hydrogens is 352 g/mol. The van der Waals surface area contributed by atoms with Crippen LogP contribution in [0.4, 0.5) is 0 Å².